The summed E-state index contributed by atoms with van der Waals surface area (Å²) in [7, 11) is 0. The summed E-state index contributed by atoms with van der Waals surface area (Å²) in [6.07, 6.45) is 4.72. The van der Waals surface area contributed by atoms with E-state index in [0.717, 1.165) is 12.8 Å². The number of carbonyl (C=O) groups is 1. The van der Waals surface area contributed by atoms with Crippen LogP contribution in [-0.4, -0.2) is 22.4 Å². The molecule has 0 atom stereocenters. The van der Waals surface area contributed by atoms with E-state index in [1.165, 1.54) is 18.0 Å². The first-order chi connectivity index (χ1) is 13.3. The summed E-state index contributed by atoms with van der Waals surface area (Å²) >= 11 is 0. The fraction of sp³-hybridized carbons (Fsp3) is 0.143. The van der Waals surface area contributed by atoms with E-state index in [2.05, 4.69) is 38.8 Å². The number of aromatic nitrogens is 2. The first-order valence-electron chi connectivity index (χ1n) is 8.66. The van der Waals surface area contributed by atoms with Crippen molar-refractivity contribution in [2.45, 2.75) is 12.8 Å². The van der Waals surface area contributed by atoms with E-state index in [4.69, 9.17) is 5.26 Å². The number of rotatable bonds is 7. The SMILES string of the molecule is N#Cc1ccccc1Nc1ncc(C(=O)NCCCc2ccccc2)cn1. The van der Waals surface area contributed by atoms with Crippen molar-refractivity contribution < 1.29 is 4.79 Å². The van der Waals surface area contributed by atoms with Gasteiger partial charge in [0, 0.05) is 18.9 Å². The van der Waals surface area contributed by atoms with Crippen molar-refractivity contribution in [2.75, 3.05) is 11.9 Å². The van der Waals surface area contributed by atoms with Crippen LogP contribution in [0.5, 0.6) is 0 Å². The third-order valence-electron chi connectivity index (χ3n) is 3.98. The van der Waals surface area contributed by atoms with Gasteiger partial charge in [0.2, 0.25) is 5.95 Å². The molecule has 6 heteroatoms. The Morgan fingerprint density at radius 2 is 1.70 bits per heavy atom. The minimum atomic E-state index is -0.202. The number of nitrogens with one attached hydrogen (secondary N) is 2. The van der Waals surface area contributed by atoms with E-state index in [-0.39, 0.29) is 5.91 Å². The Morgan fingerprint density at radius 3 is 2.44 bits per heavy atom. The highest BCUT2D eigenvalue weighted by atomic mass is 16.1. The maximum absolute atomic E-state index is 12.2. The molecule has 0 aliphatic heterocycles. The second-order valence-corrected chi connectivity index (χ2v) is 5.92. The first-order valence-corrected chi connectivity index (χ1v) is 8.66. The smallest absolute Gasteiger partial charge is 0.254 e. The van der Waals surface area contributed by atoms with Crippen molar-refractivity contribution in [1.82, 2.24) is 15.3 Å². The third-order valence-corrected chi connectivity index (χ3v) is 3.98. The molecule has 27 heavy (non-hydrogen) atoms. The molecular formula is C21H19N5O. The Hall–Kier alpha value is -3.72. The van der Waals surface area contributed by atoms with E-state index >= 15 is 0 Å². The summed E-state index contributed by atoms with van der Waals surface area (Å²) in [5.74, 6) is 0.130. The monoisotopic (exact) mass is 357 g/mol. The summed E-state index contributed by atoms with van der Waals surface area (Å²) in [5.41, 5.74) is 2.77. The summed E-state index contributed by atoms with van der Waals surface area (Å²) in [6, 6.07) is 19.4. The predicted molar refractivity (Wildman–Crippen MR) is 104 cm³/mol. The summed E-state index contributed by atoms with van der Waals surface area (Å²) < 4.78 is 0. The fourth-order valence-corrected chi connectivity index (χ4v) is 2.56. The van der Waals surface area contributed by atoms with Gasteiger partial charge in [0.1, 0.15) is 6.07 Å². The van der Waals surface area contributed by atoms with E-state index in [0.29, 0.717) is 29.3 Å². The number of nitrogens with zero attached hydrogens (tertiary/aromatic N) is 3. The lowest BCUT2D eigenvalue weighted by molar-refractivity contribution is 0.0952. The lowest BCUT2D eigenvalue weighted by Gasteiger charge is -2.08. The topological polar surface area (TPSA) is 90.7 Å². The zero-order valence-electron chi connectivity index (χ0n) is 14.7. The lowest BCUT2D eigenvalue weighted by Crippen LogP contribution is -2.25. The molecule has 0 saturated carbocycles. The number of benzene rings is 2. The van der Waals surface area contributed by atoms with E-state index in [9.17, 15) is 4.79 Å². The zero-order valence-corrected chi connectivity index (χ0v) is 14.7. The minimum Gasteiger partial charge on any atom is -0.352 e. The predicted octanol–water partition coefficient (Wildman–Crippen LogP) is 3.45. The van der Waals surface area contributed by atoms with Crippen molar-refractivity contribution in [3.05, 3.63) is 83.7 Å². The zero-order chi connectivity index (χ0) is 18.9. The van der Waals surface area contributed by atoms with Gasteiger partial charge in [0.15, 0.2) is 0 Å². The van der Waals surface area contributed by atoms with Crippen LogP contribution in [-0.2, 0) is 6.42 Å². The molecule has 1 aromatic heterocycles. The highest BCUT2D eigenvalue weighted by molar-refractivity contribution is 5.93. The maximum atomic E-state index is 12.2. The highest BCUT2D eigenvalue weighted by Gasteiger charge is 2.08. The van der Waals surface area contributed by atoms with Gasteiger partial charge in [-0.25, -0.2) is 9.97 Å². The Kier molecular flexibility index (Phi) is 6.10. The molecule has 0 unspecified atom stereocenters. The molecule has 134 valence electrons. The van der Waals surface area contributed by atoms with Crippen molar-refractivity contribution in [3.63, 3.8) is 0 Å². The van der Waals surface area contributed by atoms with Crippen LogP contribution in [0.4, 0.5) is 11.6 Å². The molecule has 0 fully saturated rings. The molecule has 0 bridgehead atoms. The second-order valence-electron chi connectivity index (χ2n) is 5.92. The summed E-state index contributed by atoms with van der Waals surface area (Å²) in [6.45, 7) is 0.587. The lowest BCUT2D eigenvalue weighted by atomic mass is 10.1. The molecule has 0 spiro atoms. The van der Waals surface area contributed by atoms with Gasteiger partial charge < -0.3 is 10.6 Å². The van der Waals surface area contributed by atoms with Crippen LogP contribution in [0.25, 0.3) is 0 Å². The Labute approximate surface area is 157 Å². The Morgan fingerprint density at radius 1 is 1.00 bits per heavy atom. The molecule has 0 aliphatic rings. The van der Waals surface area contributed by atoms with Crippen LogP contribution in [0.15, 0.2) is 67.0 Å². The van der Waals surface area contributed by atoms with Gasteiger partial charge in [-0.3, -0.25) is 4.79 Å². The van der Waals surface area contributed by atoms with E-state index < -0.39 is 0 Å². The summed E-state index contributed by atoms with van der Waals surface area (Å²) in [4.78, 5) is 20.5. The van der Waals surface area contributed by atoms with Gasteiger partial charge in [-0.15, -0.1) is 0 Å². The molecule has 3 aromatic rings. The number of para-hydroxylation sites is 1. The average molecular weight is 357 g/mol. The Bertz CT molecular complexity index is 933. The van der Waals surface area contributed by atoms with Gasteiger partial charge in [-0.1, -0.05) is 42.5 Å². The van der Waals surface area contributed by atoms with Gasteiger partial charge in [0.05, 0.1) is 16.8 Å². The molecule has 6 nitrogen and oxygen atoms in total. The van der Waals surface area contributed by atoms with E-state index in [1.54, 1.807) is 18.2 Å². The van der Waals surface area contributed by atoms with Gasteiger partial charge >= 0.3 is 0 Å². The first kappa shape index (κ1) is 18.1. The van der Waals surface area contributed by atoms with Gasteiger partial charge in [0.25, 0.3) is 5.91 Å². The molecule has 2 N–H and O–H groups in total. The van der Waals surface area contributed by atoms with E-state index in [1.807, 2.05) is 24.3 Å². The highest BCUT2D eigenvalue weighted by Crippen LogP contribution is 2.17. The van der Waals surface area contributed by atoms with Crippen molar-refractivity contribution >= 4 is 17.5 Å². The molecule has 3 rings (SSSR count). The number of hydrogen-bond donors (Lipinski definition) is 2. The average Bonchev–Trinajstić information content (AvgIpc) is 2.73. The Balaban J connectivity index is 1.50. The standard InChI is InChI=1S/C21H19N5O/c22-13-17-10-4-5-11-19(17)26-21-24-14-18(15-25-21)20(27)23-12-6-9-16-7-2-1-3-8-16/h1-5,7-8,10-11,14-15H,6,9,12H2,(H,23,27)(H,24,25,26). The van der Waals surface area contributed by atoms with Crippen molar-refractivity contribution in [3.8, 4) is 6.07 Å². The third kappa shape index (κ3) is 5.13. The van der Waals surface area contributed by atoms with Crippen LogP contribution in [0.1, 0.15) is 27.9 Å². The second kappa shape index (κ2) is 9.11. The molecule has 1 amide bonds. The molecular weight excluding hydrogens is 338 g/mol. The number of carbonyl (C=O) groups excluding carboxylic acids is 1. The van der Waals surface area contributed by atoms with Crippen LogP contribution >= 0.6 is 0 Å². The molecule has 1 heterocycles. The van der Waals surface area contributed by atoms with Crippen LogP contribution < -0.4 is 10.6 Å². The summed E-state index contributed by atoms with van der Waals surface area (Å²) in [5, 5.41) is 15.0. The van der Waals surface area contributed by atoms with Crippen LogP contribution in [0.2, 0.25) is 0 Å². The number of nitriles is 1. The number of aryl methyl sites for hydroxylation is 1. The maximum Gasteiger partial charge on any atom is 0.254 e. The molecule has 0 radical (unpaired) electrons. The minimum absolute atomic E-state index is 0.202. The number of amides is 1. The molecule has 0 saturated heterocycles. The normalized spacial score (nSPS) is 10.0. The largest absolute Gasteiger partial charge is 0.352 e. The number of anilines is 2. The van der Waals surface area contributed by atoms with Crippen LogP contribution in [0.3, 0.4) is 0 Å². The van der Waals surface area contributed by atoms with Crippen molar-refractivity contribution in [1.29, 1.82) is 5.26 Å². The fourth-order valence-electron chi connectivity index (χ4n) is 2.56. The molecule has 2 aromatic carbocycles. The van der Waals surface area contributed by atoms with Crippen molar-refractivity contribution in [2.24, 2.45) is 0 Å². The number of hydrogen-bond acceptors (Lipinski definition) is 5. The van der Waals surface area contributed by atoms with Gasteiger partial charge in [-0.05, 0) is 30.5 Å². The quantitative estimate of drug-likeness (QED) is 0.632. The molecule has 0 aliphatic carbocycles. The van der Waals surface area contributed by atoms with Crippen LogP contribution in [0, 0.1) is 11.3 Å². The van der Waals surface area contributed by atoms with Gasteiger partial charge in [-0.2, -0.15) is 5.26 Å².